The zero-order valence-corrected chi connectivity index (χ0v) is 22.6. The van der Waals surface area contributed by atoms with Crippen LogP contribution in [0.5, 0.6) is 0 Å². The Balaban J connectivity index is 1.63. The molecular formula is C30H46O5. The molecule has 196 valence electrons. The minimum absolute atomic E-state index is 0.0565. The number of carboxylic acids is 1. The monoisotopic (exact) mass is 486 g/mol. The Morgan fingerprint density at radius 2 is 1.63 bits per heavy atom. The Hall–Kier alpha value is -1.20. The van der Waals surface area contributed by atoms with Crippen molar-refractivity contribution in [1.29, 1.82) is 0 Å². The highest BCUT2D eigenvalue weighted by Crippen LogP contribution is 2.75. The van der Waals surface area contributed by atoms with E-state index in [-0.39, 0.29) is 57.4 Å². The molecule has 0 spiro atoms. The van der Waals surface area contributed by atoms with Crippen molar-refractivity contribution in [2.45, 2.75) is 105 Å². The van der Waals surface area contributed by atoms with Crippen LogP contribution < -0.4 is 0 Å². The molecule has 0 aromatic rings. The second kappa shape index (κ2) is 7.43. The number of rotatable bonds is 2. The lowest BCUT2D eigenvalue weighted by Gasteiger charge is -2.70. The molecule has 4 fully saturated rings. The topological polar surface area (TPSA) is 94.8 Å². The molecule has 0 aromatic heterocycles. The summed E-state index contributed by atoms with van der Waals surface area (Å²) in [6.07, 6.45) is 8.76. The van der Waals surface area contributed by atoms with Crippen LogP contribution in [0.1, 0.15) is 99.3 Å². The summed E-state index contributed by atoms with van der Waals surface area (Å²) in [5.74, 6) is -0.428. The van der Waals surface area contributed by atoms with Crippen LogP contribution in [-0.4, -0.2) is 39.8 Å². The number of hydrogen-bond donors (Lipinski definition) is 3. The van der Waals surface area contributed by atoms with E-state index in [9.17, 15) is 24.9 Å². The Morgan fingerprint density at radius 3 is 2.26 bits per heavy atom. The average Bonchev–Trinajstić information content (AvgIpc) is 2.78. The number of ketones is 1. The van der Waals surface area contributed by atoms with Crippen LogP contribution in [0.3, 0.4) is 0 Å². The quantitative estimate of drug-likeness (QED) is 0.487. The van der Waals surface area contributed by atoms with Gasteiger partial charge in [0.1, 0.15) is 0 Å². The number of carbonyl (C=O) groups excluding carboxylic acids is 1. The zero-order chi connectivity index (χ0) is 25.8. The standard InChI is InChI=1S/C30H46O5/c1-25(2)21-7-10-29(6)23(27(21,4)9-8-22(25)33)20(32)15-18-19-16-26(3,24(34)35)11-13-30(19,17-31)14-12-28(18,29)5/h15,19,21-23,31,33H,7-14,16-17H2,1-6H3,(H,34,35)/t19-,21-,22+,23-,26+,27+,28-,29-,30-/m1/s1. The number of aliphatic hydroxyl groups is 2. The highest BCUT2D eigenvalue weighted by molar-refractivity contribution is 5.95. The van der Waals surface area contributed by atoms with E-state index in [1.54, 1.807) is 0 Å². The maximum atomic E-state index is 14.2. The first-order chi connectivity index (χ1) is 16.1. The third kappa shape index (κ3) is 3.00. The summed E-state index contributed by atoms with van der Waals surface area (Å²) in [7, 11) is 0. The highest BCUT2D eigenvalue weighted by atomic mass is 16.4. The largest absolute Gasteiger partial charge is 0.481 e. The molecular weight excluding hydrogens is 440 g/mol. The van der Waals surface area contributed by atoms with Gasteiger partial charge >= 0.3 is 5.97 Å². The molecule has 5 aliphatic rings. The van der Waals surface area contributed by atoms with Gasteiger partial charge < -0.3 is 15.3 Å². The number of carbonyl (C=O) groups is 2. The third-order valence-electron chi connectivity index (χ3n) is 13.1. The normalized spacial score (nSPS) is 52.9. The number of fused-ring (bicyclic) bond motifs is 7. The second-order valence-electron chi connectivity index (χ2n) is 14.8. The molecule has 0 aliphatic heterocycles. The molecule has 4 saturated carbocycles. The van der Waals surface area contributed by atoms with E-state index >= 15 is 0 Å². The first kappa shape index (κ1) is 25.4. The summed E-state index contributed by atoms with van der Waals surface area (Å²) in [5.41, 5.74) is -0.795. The van der Waals surface area contributed by atoms with Gasteiger partial charge in [0.25, 0.3) is 0 Å². The van der Waals surface area contributed by atoms with Crippen molar-refractivity contribution in [3.63, 3.8) is 0 Å². The van der Waals surface area contributed by atoms with Gasteiger partial charge in [-0.05, 0) is 104 Å². The Kier molecular flexibility index (Phi) is 5.40. The van der Waals surface area contributed by atoms with E-state index in [4.69, 9.17) is 0 Å². The number of aliphatic carboxylic acids is 1. The van der Waals surface area contributed by atoms with Crippen LogP contribution in [-0.2, 0) is 9.59 Å². The SMILES string of the molecule is CC1(C)[C@H]2CC[C@]3(C)[C@H](C(=O)C=C4[C@H]5C[C@@](C)(C(=O)O)CC[C@]5(CO)CC[C@]43C)[C@@]2(C)CC[C@@H]1O. The molecule has 5 aliphatic carbocycles. The molecule has 0 amide bonds. The van der Waals surface area contributed by atoms with Gasteiger partial charge in [-0.1, -0.05) is 40.2 Å². The first-order valence-corrected chi connectivity index (χ1v) is 13.9. The highest BCUT2D eigenvalue weighted by Gasteiger charge is 2.70. The first-order valence-electron chi connectivity index (χ1n) is 13.9. The van der Waals surface area contributed by atoms with E-state index in [0.717, 1.165) is 44.1 Å². The van der Waals surface area contributed by atoms with Gasteiger partial charge in [0, 0.05) is 17.9 Å². The number of aliphatic hydroxyl groups excluding tert-OH is 2. The Labute approximate surface area is 210 Å². The zero-order valence-electron chi connectivity index (χ0n) is 22.6. The number of carboxylic acid groups (broad SMARTS) is 1. The number of allylic oxidation sites excluding steroid dienone is 2. The average molecular weight is 487 g/mol. The maximum absolute atomic E-state index is 14.2. The van der Waals surface area contributed by atoms with Crippen molar-refractivity contribution >= 4 is 11.8 Å². The van der Waals surface area contributed by atoms with Crippen LogP contribution in [0.4, 0.5) is 0 Å². The van der Waals surface area contributed by atoms with E-state index in [0.29, 0.717) is 25.2 Å². The van der Waals surface area contributed by atoms with Crippen LogP contribution in [0, 0.1) is 50.2 Å². The summed E-state index contributed by atoms with van der Waals surface area (Å²) >= 11 is 0. The molecule has 0 saturated heterocycles. The smallest absolute Gasteiger partial charge is 0.309 e. The maximum Gasteiger partial charge on any atom is 0.309 e. The fourth-order valence-electron chi connectivity index (χ4n) is 10.5. The molecule has 5 rings (SSSR count). The summed E-state index contributed by atoms with van der Waals surface area (Å²) in [4.78, 5) is 26.5. The van der Waals surface area contributed by atoms with Crippen LogP contribution in [0.25, 0.3) is 0 Å². The summed E-state index contributed by atoms with van der Waals surface area (Å²) in [6, 6.07) is 0. The van der Waals surface area contributed by atoms with Gasteiger partial charge in [-0.2, -0.15) is 0 Å². The van der Waals surface area contributed by atoms with Crippen molar-refractivity contribution in [1.82, 2.24) is 0 Å². The van der Waals surface area contributed by atoms with Crippen molar-refractivity contribution in [3.8, 4) is 0 Å². The van der Waals surface area contributed by atoms with E-state index in [1.165, 1.54) is 0 Å². The lowest BCUT2D eigenvalue weighted by atomic mass is 9.33. The van der Waals surface area contributed by atoms with Gasteiger partial charge in [0.2, 0.25) is 0 Å². The molecule has 0 radical (unpaired) electrons. The molecule has 5 heteroatoms. The van der Waals surface area contributed by atoms with E-state index in [2.05, 4.69) is 34.6 Å². The molecule has 3 N–H and O–H groups in total. The lowest BCUT2D eigenvalue weighted by molar-refractivity contribution is -0.204. The molecule has 0 unspecified atom stereocenters. The van der Waals surface area contributed by atoms with Gasteiger partial charge in [-0.25, -0.2) is 0 Å². The minimum atomic E-state index is -0.823. The second-order valence-corrected chi connectivity index (χ2v) is 14.8. The Bertz CT molecular complexity index is 983. The number of hydrogen-bond acceptors (Lipinski definition) is 4. The van der Waals surface area contributed by atoms with Crippen LogP contribution in [0.2, 0.25) is 0 Å². The van der Waals surface area contributed by atoms with Gasteiger partial charge in [-0.3, -0.25) is 9.59 Å². The molecule has 9 atom stereocenters. The van der Waals surface area contributed by atoms with Crippen molar-refractivity contribution in [2.75, 3.05) is 6.61 Å². The van der Waals surface area contributed by atoms with Gasteiger partial charge in [0.05, 0.1) is 11.5 Å². The molecule has 35 heavy (non-hydrogen) atoms. The predicted molar refractivity (Wildman–Crippen MR) is 134 cm³/mol. The Morgan fingerprint density at radius 1 is 0.971 bits per heavy atom. The van der Waals surface area contributed by atoms with Crippen LogP contribution >= 0.6 is 0 Å². The van der Waals surface area contributed by atoms with E-state index in [1.807, 2.05) is 13.0 Å². The minimum Gasteiger partial charge on any atom is -0.481 e. The van der Waals surface area contributed by atoms with Crippen molar-refractivity contribution < 1.29 is 24.9 Å². The lowest BCUT2D eigenvalue weighted by Crippen LogP contribution is -2.67. The third-order valence-corrected chi connectivity index (χ3v) is 13.1. The van der Waals surface area contributed by atoms with E-state index < -0.39 is 11.4 Å². The molecule has 0 bridgehead atoms. The van der Waals surface area contributed by atoms with Crippen molar-refractivity contribution in [2.24, 2.45) is 50.2 Å². The predicted octanol–water partition coefficient (Wildman–Crippen LogP) is 5.39. The molecule has 0 heterocycles. The molecule has 0 aromatic carbocycles. The van der Waals surface area contributed by atoms with Gasteiger partial charge in [0.15, 0.2) is 5.78 Å². The summed E-state index contributed by atoms with van der Waals surface area (Å²) in [5, 5.41) is 31.5. The molecule has 5 nitrogen and oxygen atoms in total. The fraction of sp³-hybridized carbons (Fsp3) is 0.867. The fourth-order valence-corrected chi connectivity index (χ4v) is 10.5. The van der Waals surface area contributed by atoms with Gasteiger partial charge in [-0.15, -0.1) is 0 Å². The van der Waals surface area contributed by atoms with Crippen molar-refractivity contribution in [3.05, 3.63) is 11.6 Å². The van der Waals surface area contributed by atoms with Crippen LogP contribution in [0.15, 0.2) is 11.6 Å². The summed E-state index contributed by atoms with van der Waals surface area (Å²) < 4.78 is 0. The summed E-state index contributed by atoms with van der Waals surface area (Å²) in [6.45, 7) is 13.3.